The van der Waals surface area contributed by atoms with Crippen molar-refractivity contribution in [3.63, 3.8) is 0 Å². The van der Waals surface area contributed by atoms with Crippen LogP contribution in [0, 0.1) is 0 Å². The maximum atomic E-state index is 5.49. The van der Waals surface area contributed by atoms with Gasteiger partial charge in [-0.05, 0) is 12.5 Å². The first-order valence-electron chi connectivity index (χ1n) is 3.63. The number of alkyl halides is 1. The summed E-state index contributed by atoms with van der Waals surface area (Å²) in [4.78, 5) is 7.92. The van der Waals surface area contributed by atoms with E-state index in [4.69, 9.17) is 17.3 Å². The molecule has 0 bridgehead atoms. The van der Waals surface area contributed by atoms with Crippen LogP contribution in [0.25, 0.3) is 6.08 Å². The summed E-state index contributed by atoms with van der Waals surface area (Å²) >= 11 is 5.49. The molecular formula is C8H10ClN3. The van der Waals surface area contributed by atoms with E-state index in [9.17, 15) is 0 Å². The van der Waals surface area contributed by atoms with Crippen molar-refractivity contribution >= 4 is 23.5 Å². The van der Waals surface area contributed by atoms with E-state index >= 15 is 0 Å². The number of nitrogen functional groups attached to an aromatic ring is 1. The third kappa shape index (κ3) is 2.88. The molecule has 0 fully saturated rings. The number of allylic oxidation sites excluding steroid dienone is 1. The zero-order valence-electron chi connectivity index (χ0n) is 6.57. The highest BCUT2D eigenvalue weighted by Gasteiger charge is 1.88. The minimum absolute atomic E-state index is 0.435. The maximum absolute atomic E-state index is 5.49. The minimum Gasteiger partial charge on any atom is -0.382 e. The van der Waals surface area contributed by atoms with Gasteiger partial charge in [0.25, 0.3) is 0 Å². The Kier molecular flexibility index (Phi) is 3.54. The van der Waals surface area contributed by atoms with Crippen LogP contribution < -0.4 is 5.73 Å². The smallest absolute Gasteiger partial charge is 0.141 e. The van der Waals surface area contributed by atoms with Crippen molar-refractivity contribution in [1.29, 1.82) is 0 Å². The minimum atomic E-state index is 0.435. The Morgan fingerprint density at radius 2 is 2.25 bits per heavy atom. The highest BCUT2D eigenvalue weighted by atomic mass is 35.5. The van der Waals surface area contributed by atoms with Gasteiger partial charge >= 0.3 is 0 Å². The summed E-state index contributed by atoms with van der Waals surface area (Å²) in [5, 5.41) is 0. The summed E-state index contributed by atoms with van der Waals surface area (Å²) < 4.78 is 0. The average molecular weight is 184 g/mol. The SMILES string of the molecule is Nc1cnc(C=CCCCl)cn1. The second-order valence-electron chi connectivity index (χ2n) is 2.25. The number of halogens is 1. The molecule has 0 saturated heterocycles. The van der Waals surface area contributed by atoms with Gasteiger partial charge in [-0.3, -0.25) is 4.98 Å². The zero-order chi connectivity index (χ0) is 8.81. The molecule has 4 heteroatoms. The van der Waals surface area contributed by atoms with Crippen LogP contribution in [-0.4, -0.2) is 15.8 Å². The van der Waals surface area contributed by atoms with Crippen LogP contribution in [-0.2, 0) is 0 Å². The molecule has 1 aromatic heterocycles. The number of hydrogen-bond donors (Lipinski definition) is 1. The van der Waals surface area contributed by atoms with E-state index in [2.05, 4.69) is 9.97 Å². The molecule has 3 nitrogen and oxygen atoms in total. The number of anilines is 1. The van der Waals surface area contributed by atoms with E-state index in [-0.39, 0.29) is 0 Å². The van der Waals surface area contributed by atoms with Gasteiger partial charge in [0.2, 0.25) is 0 Å². The summed E-state index contributed by atoms with van der Waals surface area (Å²) in [5.74, 6) is 1.06. The third-order valence-corrected chi connectivity index (χ3v) is 1.47. The number of hydrogen-bond acceptors (Lipinski definition) is 3. The molecule has 0 aliphatic heterocycles. The summed E-state index contributed by atoms with van der Waals surface area (Å²) in [6.07, 6.45) is 7.82. The fourth-order valence-electron chi connectivity index (χ4n) is 0.701. The molecule has 0 amide bonds. The van der Waals surface area contributed by atoms with Crippen molar-refractivity contribution in [1.82, 2.24) is 9.97 Å². The van der Waals surface area contributed by atoms with E-state index < -0.39 is 0 Å². The lowest BCUT2D eigenvalue weighted by molar-refractivity contribution is 1.18. The standard InChI is InChI=1S/C8H10ClN3/c9-4-2-1-3-7-5-12-8(10)6-11-7/h1,3,5-6H,2,4H2,(H2,10,12). The summed E-state index contributed by atoms with van der Waals surface area (Å²) in [7, 11) is 0. The molecule has 0 aromatic carbocycles. The van der Waals surface area contributed by atoms with Gasteiger partial charge in [-0.15, -0.1) is 11.6 Å². The molecule has 0 radical (unpaired) electrons. The van der Waals surface area contributed by atoms with Crippen molar-refractivity contribution in [2.45, 2.75) is 6.42 Å². The van der Waals surface area contributed by atoms with Gasteiger partial charge in [-0.1, -0.05) is 6.08 Å². The normalized spacial score (nSPS) is 10.8. The van der Waals surface area contributed by atoms with Gasteiger partial charge in [-0.2, -0.15) is 0 Å². The van der Waals surface area contributed by atoms with E-state index in [1.165, 1.54) is 6.20 Å². The van der Waals surface area contributed by atoms with Crippen LogP contribution in [0.1, 0.15) is 12.1 Å². The quantitative estimate of drug-likeness (QED) is 0.726. The molecule has 0 spiro atoms. The average Bonchev–Trinajstić information content (AvgIpc) is 2.09. The summed E-state index contributed by atoms with van der Waals surface area (Å²) in [5.41, 5.74) is 6.16. The number of aromatic nitrogens is 2. The zero-order valence-corrected chi connectivity index (χ0v) is 7.33. The molecule has 0 atom stereocenters. The Labute approximate surface area is 76.3 Å². The molecule has 0 aliphatic rings. The second kappa shape index (κ2) is 4.72. The lowest BCUT2D eigenvalue weighted by Crippen LogP contribution is -1.91. The van der Waals surface area contributed by atoms with Gasteiger partial charge in [0.05, 0.1) is 18.1 Å². The van der Waals surface area contributed by atoms with Gasteiger partial charge in [0.1, 0.15) is 5.82 Å². The van der Waals surface area contributed by atoms with Crippen LogP contribution in [0.3, 0.4) is 0 Å². The fourth-order valence-corrected chi connectivity index (χ4v) is 0.827. The first-order chi connectivity index (χ1) is 5.83. The largest absolute Gasteiger partial charge is 0.382 e. The Hall–Kier alpha value is -1.09. The van der Waals surface area contributed by atoms with Crippen LogP contribution in [0.4, 0.5) is 5.82 Å². The predicted molar refractivity (Wildman–Crippen MR) is 50.8 cm³/mol. The number of nitrogens with zero attached hydrogens (tertiary/aromatic N) is 2. The summed E-state index contributed by atoms with van der Waals surface area (Å²) in [6.45, 7) is 0. The predicted octanol–water partition coefficient (Wildman–Crippen LogP) is 1.70. The van der Waals surface area contributed by atoms with Gasteiger partial charge in [-0.25, -0.2) is 4.98 Å². The molecule has 1 aromatic rings. The van der Waals surface area contributed by atoms with E-state index in [1.807, 2.05) is 12.2 Å². The van der Waals surface area contributed by atoms with Gasteiger partial charge in [0.15, 0.2) is 0 Å². The Morgan fingerprint density at radius 1 is 1.42 bits per heavy atom. The lowest BCUT2D eigenvalue weighted by atomic mass is 10.3. The molecule has 0 saturated carbocycles. The highest BCUT2D eigenvalue weighted by molar-refractivity contribution is 6.17. The molecular weight excluding hydrogens is 174 g/mol. The van der Waals surface area contributed by atoms with Crippen LogP contribution in [0.2, 0.25) is 0 Å². The van der Waals surface area contributed by atoms with Crippen LogP contribution in [0.15, 0.2) is 18.5 Å². The first kappa shape index (κ1) is 9.00. The van der Waals surface area contributed by atoms with E-state index in [0.29, 0.717) is 11.7 Å². The van der Waals surface area contributed by atoms with Crippen LogP contribution in [0.5, 0.6) is 0 Å². The highest BCUT2D eigenvalue weighted by Crippen LogP contribution is 1.99. The topological polar surface area (TPSA) is 51.8 Å². The van der Waals surface area contributed by atoms with E-state index in [1.54, 1.807) is 6.20 Å². The van der Waals surface area contributed by atoms with Crippen molar-refractivity contribution in [2.75, 3.05) is 11.6 Å². The molecule has 1 rings (SSSR count). The molecule has 0 unspecified atom stereocenters. The first-order valence-corrected chi connectivity index (χ1v) is 4.16. The fraction of sp³-hybridized carbons (Fsp3) is 0.250. The molecule has 1 heterocycles. The lowest BCUT2D eigenvalue weighted by Gasteiger charge is -1.92. The van der Waals surface area contributed by atoms with Crippen molar-refractivity contribution < 1.29 is 0 Å². The monoisotopic (exact) mass is 183 g/mol. The van der Waals surface area contributed by atoms with Crippen molar-refractivity contribution in [3.8, 4) is 0 Å². The number of nitrogens with two attached hydrogens (primary N) is 1. The van der Waals surface area contributed by atoms with Gasteiger partial charge in [0, 0.05) is 5.88 Å². The Bertz CT molecular complexity index is 256. The third-order valence-electron chi connectivity index (χ3n) is 1.26. The molecule has 12 heavy (non-hydrogen) atoms. The van der Waals surface area contributed by atoms with E-state index in [0.717, 1.165) is 12.1 Å². The Balaban J connectivity index is 2.58. The van der Waals surface area contributed by atoms with Crippen molar-refractivity contribution in [2.24, 2.45) is 0 Å². The molecule has 0 aliphatic carbocycles. The van der Waals surface area contributed by atoms with Crippen molar-refractivity contribution in [3.05, 3.63) is 24.2 Å². The van der Waals surface area contributed by atoms with Gasteiger partial charge < -0.3 is 5.73 Å². The molecule has 2 N–H and O–H groups in total. The maximum Gasteiger partial charge on any atom is 0.141 e. The Morgan fingerprint density at radius 3 is 2.83 bits per heavy atom. The number of rotatable bonds is 3. The summed E-state index contributed by atoms with van der Waals surface area (Å²) in [6, 6.07) is 0. The molecule has 64 valence electrons. The van der Waals surface area contributed by atoms with Crippen LogP contribution >= 0.6 is 11.6 Å². The second-order valence-corrected chi connectivity index (χ2v) is 2.62.